The van der Waals surface area contributed by atoms with Gasteiger partial charge in [-0.25, -0.2) is 0 Å². The quantitative estimate of drug-likeness (QED) is 0.421. The van der Waals surface area contributed by atoms with Crippen molar-refractivity contribution in [2.45, 2.75) is 26.3 Å². The van der Waals surface area contributed by atoms with Crippen molar-refractivity contribution in [1.29, 1.82) is 0 Å². The summed E-state index contributed by atoms with van der Waals surface area (Å²) < 4.78 is 48.4. The largest absolute Gasteiger partial charge is 0.416 e. The third kappa shape index (κ3) is 6.55. The molecule has 0 aliphatic rings. The van der Waals surface area contributed by atoms with Crippen LogP contribution in [0.25, 0.3) is 5.70 Å². The highest BCUT2D eigenvalue weighted by molar-refractivity contribution is 5.63. The van der Waals surface area contributed by atoms with Crippen molar-refractivity contribution in [1.82, 2.24) is 5.32 Å². The van der Waals surface area contributed by atoms with Crippen LogP contribution in [0.3, 0.4) is 0 Å². The second kappa shape index (κ2) is 9.24. The molecule has 0 saturated heterocycles. The molecular formula is C15H19F3N2O4. The molecule has 0 amide bonds. The summed E-state index contributed by atoms with van der Waals surface area (Å²) in [6, 6.07) is 4.07. The van der Waals surface area contributed by atoms with Crippen LogP contribution in [-0.4, -0.2) is 31.0 Å². The maximum atomic E-state index is 12.6. The van der Waals surface area contributed by atoms with Gasteiger partial charge in [-0.05, 0) is 26.0 Å². The van der Waals surface area contributed by atoms with Gasteiger partial charge in [0.25, 0.3) is 6.20 Å². The average molecular weight is 348 g/mol. The Morgan fingerprint density at radius 3 is 2.21 bits per heavy atom. The van der Waals surface area contributed by atoms with Gasteiger partial charge >= 0.3 is 6.18 Å². The Bertz CT molecular complexity index is 553. The van der Waals surface area contributed by atoms with E-state index in [0.29, 0.717) is 19.4 Å². The Balaban J connectivity index is 2.91. The third-order valence-corrected chi connectivity index (χ3v) is 2.92. The van der Waals surface area contributed by atoms with E-state index in [9.17, 15) is 23.3 Å². The summed E-state index contributed by atoms with van der Waals surface area (Å²) in [5.41, 5.74) is -0.502. The Morgan fingerprint density at radius 1 is 1.25 bits per heavy atom. The van der Waals surface area contributed by atoms with Crippen LogP contribution in [0.15, 0.2) is 30.5 Å². The number of nitrogens with one attached hydrogen (secondary N) is 1. The zero-order valence-corrected chi connectivity index (χ0v) is 13.3. The predicted octanol–water partition coefficient (Wildman–Crippen LogP) is 3.27. The molecule has 1 aromatic rings. The monoisotopic (exact) mass is 348 g/mol. The summed E-state index contributed by atoms with van der Waals surface area (Å²) in [6.07, 6.45) is -4.39. The van der Waals surface area contributed by atoms with E-state index in [2.05, 4.69) is 5.32 Å². The number of ether oxygens (including phenoxy) is 2. The molecule has 134 valence electrons. The lowest BCUT2D eigenvalue weighted by atomic mass is 10.1. The van der Waals surface area contributed by atoms with Crippen LogP contribution < -0.4 is 5.32 Å². The number of benzene rings is 1. The molecule has 9 heteroatoms. The second-order valence-electron chi connectivity index (χ2n) is 4.62. The van der Waals surface area contributed by atoms with Crippen molar-refractivity contribution < 1.29 is 27.6 Å². The number of nitro groups is 1. The van der Waals surface area contributed by atoms with Crippen molar-refractivity contribution in [3.63, 3.8) is 0 Å². The summed E-state index contributed by atoms with van der Waals surface area (Å²) in [5, 5.41) is 13.5. The van der Waals surface area contributed by atoms with Crippen LogP contribution in [-0.2, 0) is 15.7 Å². The van der Waals surface area contributed by atoms with Crippen LogP contribution in [0, 0.1) is 10.1 Å². The van der Waals surface area contributed by atoms with Crippen LogP contribution in [0.4, 0.5) is 13.2 Å². The summed E-state index contributed by atoms with van der Waals surface area (Å²) in [4.78, 5) is 10.1. The summed E-state index contributed by atoms with van der Waals surface area (Å²) in [6.45, 7) is 4.44. The van der Waals surface area contributed by atoms with Gasteiger partial charge in [-0.1, -0.05) is 12.1 Å². The standard InChI is InChI=1S/C15H19F3N2O4/c1-3-23-14(24-4-2)9-19-13(10-20(21)22)11-5-7-12(8-6-11)15(16,17)18/h5-8,10,14,19H,3-4,9H2,1-2H3. The van der Waals surface area contributed by atoms with E-state index >= 15 is 0 Å². The molecule has 0 aliphatic carbocycles. The Kier molecular flexibility index (Phi) is 7.66. The molecule has 0 saturated carbocycles. The molecule has 0 fully saturated rings. The Morgan fingerprint density at radius 2 is 1.79 bits per heavy atom. The zero-order chi connectivity index (χ0) is 18.2. The number of nitrogens with zero attached hydrogens (tertiary/aromatic N) is 1. The molecule has 0 unspecified atom stereocenters. The third-order valence-electron chi connectivity index (χ3n) is 2.92. The number of alkyl halides is 3. The molecule has 0 spiro atoms. The SMILES string of the molecule is CCOC(CNC(=C[N+](=O)[O-])c1ccc(C(F)(F)F)cc1)OCC. The molecule has 0 aromatic heterocycles. The van der Waals surface area contributed by atoms with Crippen molar-refractivity contribution in [2.24, 2.45) is 0 Å². The fourth-order valence-corrected chi connectivity index (χ4v) is 1.90. The molecule has 1 aromatic carbocycles. The number of hydrogen-bond acceptors (Lipinski definition) is 5. The normalized spacial score (nSPS) is 12.5. The van der Waals surface area contributed by atoms with E-state index in [4.69, 9.17) is 9.47 Å². The number of hydrogen-bond donors (Lipinski definition) is 1. The average Bonchev–Trinajstić information content (AvgIpc) is 2.50. The van der Waals surface area contributed by atoms with Crippen molar-refractivity contribution >= 4 is 5.70 Å². The first-order valence-electron chi connectivity index (χ1n) is 7.28. The lowest BCUT2D eigenvalue weighted by Gasteiger charge is -2.19. The Hall–Kier alpha value is -2.13. The van der Waals surface area contributed by atoms with Crippen LogP contribution in [0.1, 0.15) is 25.0 Å². The Labute approximate surface area is 137 Å². The smallest absolute Gasteiger partial charge is 0.374 e. The van der Waals surface area contributed by atoms with E-state index in [0.717, 1.165) is 12.1 Å². The molecule has 1 rings (SSSR count). The van der Waals surface area contributed by atoms with Crippen LogP contribution in [0.2, 0.25) is 0 Å². The van der Waals surface area contributed by atoms with Gasteiger partial charge in [0, 0.05) is 18.8 Å². The van der Waals surface area contributed by atoms with E-state index in [-0.39, 0.29) is 17.8 Å². The van der Waals surface area contributed by atoms with Gasteiger partial charge in [0.1, 0.15) is 5.70 Å². The molecule has 24 heavy (non-hydrogen) atoms. The minimum Gasteiger partial charge on any atom is -0.374 e. The predicted molar refractivity (Wildman–Crippen MR) is 81.5 cm³/mol. The van der Waals surface area contributed by atoms with Gasteiger partial charge in [-0.2, -0.15) is 13.2 Å². The van der Waals surface area contributed by atoms with Gasteiger partial charge in [-0.15, -0.1) is 0 Å². The lowest BCUT2D eigenvalue weighted by molar-refractivity contribution is -0.401. The van der Waals surface area contributed by atoms with Gasteiger partial charge < -0.3 is 14.8 Å². The fraction of sp³-hybridized carbons (Fsp3) is 0.467. The minimum absolute atomic E-state index is 0.0677. The summed E-state index contributed by atoms with van der Waals surface area (Å²) >= 11 is 0. The molecule has 1 N–H and O–H groups in total. The molecule has 0 heterocycles. The van der Waals surface area contributed by atoms with E-state index < -0.39 is 23.0 Å². The lowest BCUT2D eigenvalue weighted by Crippen LogP contribution is -2.31. The highest BCUT2D eigenvalue weighted by Crippen LogP contribution is 2.29. The summed E-state index contributed by atoms with van der Waals surface area (Å²) in [7, 11) is 0. The van der Waals surface area contributed by atoms with Gasteiger partial charge in [0.2, 0.25) is 0 Å². The van der Waals surface area contributed by atoms with Crippen molar-refractivity contribution in [2.75, 3.05) is 19.8 Å². The van der Waals surface area contributed by atoms with Gasteiger partial charge in [0.05, 0.1) is 17.0 Å². The zero-order valence-electron chi connectivity index (χ0n) is 13.3. The molecular weight excluding hydrogens is 329 g/mol. The topological polar surface area (TPSA) is 73.6 Å². The van der Waals surface area contributed by atoms with E-state index in [1.165, 1.54) is 12.1 Å². The van der Waals surface area contributed by atoms with E-state index in [1.807, 2.05) is 0 Å². The summed E-state index contributed by atoms with van der Waals surface area (Å²) in [5.74, 6) is 0. The second-order valence-corrected chi connectivity index (χ2v) is 4.62. The van der Waals surface area contributed by atoms with Gasteiger partial charge in [-0.3, -0.25) is 10.1 Å². The molecule has 6 nitrogen and oxygen atoms in total. The van der Waals surface area contributed by atoms with Crippen molar-refractivity contribution in [3.05, 3.63) is 51.7 Å². The fourth-order valence-electron chi connectivity index (χ4n) is 1.90. The highest BCUT2D eigenvalue weighted by Gasteiger charge is 2.30. The first kappa shape index (κ1) is 19.9. The molecule has 0 atom stereocenters. The van der Waals surface area contributed by atoms with Crippen LogP contribution >= 0.6 is 0 Å². The first-order valence-corrected chi connectivity index (χ1v) is 7.28. The maximum absolute atomic E-state index is 12.6. The maximum Gasteiger partial charge on any atom is 0.416 e. The first-order chi connectivity index (χ1) is 11.3. The van der Waals surface area contributed by atoms with Crippen molar-refractivity contribution in [3.8, 4) is 0 Å². The highest BCUT2D eigenvalue weighted by atomic mass is 19.4. The molecule has 0 aliphatic heterocycles. The molecule has 0 bridgehead atoms. The minimum atomic E-state index is -4.46. The number of rotatable bonds is 9. The number of halogens is 3. The van der Waals surface area contributed by atoms with Gasteiger partial charge in [0.15, 0.2) is 6.29 Å². The van der Waals surface area contributed by atoms with Crippen LogP contribution in [0.5, 0.6) is 0 Å². The molecule has 0 radical (unpaired) electrons. The van der Waals surface area contributed by atoms with E-state index in [1.54, 1.807) is 13.8 Å².